The topological polar surface area (TPSA) is 136 Å². The van der Waals surface area contributed by atoms with Gasteiger partial charge in [-0.15, -0.1) is 0 Å². The van der Waals surface area contributed by atoms with Gasteiger partial charge in [-0.2, -0.15) is 0 Å². The molecule has 2 amide bonds. The largest absolute Gasteiger partial charge is 0.495 e. The smallest absolute Gasteiger partial charge is 0.410 e. The van der Waals surface area contributed by atoms with Crippen LogP contribution in [0, 0.1) is 0 Å². The SMILES string of the molecule is COc1ccc(CCN(CCCCC(=O)c2cc3c4c(c2)CCN4C(=O)CC3)C(=O)OC(C)(C)C)cc1S(N)(=O)=O. The molecule has 11 heteroatoms. The summed E-state index contributed by atoms with van der Waals surface area (Å²) in [4.78, 5) is 41.5. The second-order valence-corrected chi connectivity index (χ2v) is 13.1. The van der Waals surface area contributed by atoms with E-state index in [1.807, 2.05) is 17.0 Å². The monoisotopic (exact) mass is 585 g/mol. The molecule has 2 N–H and O–H groups in total. The lowest BCUT2D eigenvalue weighted by molar-refractivity contribution is -0.118. The molecule has 2 aromatic carbocycles. The summed E-state index contributed by atoms with van der Waals surface area (Å²) in [7, 11) is -2.61. The van der Waals surface area contributed by atoms with Crippen molar-refractivity contribution in [2.24, 2.45) is 5.14 Å². The number of rotatable bonds is 11. The summed E-state index contributed by atoms with van der Waals surface area (Å²) in [6.45, 7) is 6.74. The Morgan fingerprint density at radius 2 is 1.73 bits per heavy atom. The van der Waals surface area contributed by atoms with Crippen LogP contribution in [0.5, 0.6) is 5.75 Å². The number of sulfonamides is 1. The van der Waals surface area contributed by atoms with Crippen LogP contribution in [0.25, 0.3) is 0 Å². The average Bonchev–Trinajstić information content (AvgIpc) is 3.34. The predicted molar refractivity (Wildman–Crippen MR) is 155 cm³/mol. The number of nitrogens with two attached hydrogens (primary N) is 1. The molecule has 4 rings (SSSR count). The molecule has 2 aliphatic heterocycles. The molecule has 0 aromatic heterocycles. The fraction of sp³-hybridized carbons (Fsp3) is 0.500. The normalized spacial score (nSPS) is 14.6. The molecule has 2 aliphatic rings. The van der Waals surface area contributed by atoms with Crippen molar-refractivity contribution in [1.82, 2.24) is 4.90 Å². The van der Waals surface area contributed by atoms with E-state index in [9.17, 15) is 22.8 Å². The van der Waals surface area contributed by atoms with Gasteiger partial charge in [0.2, 0.25) is 15.9 Å². The molecule has 2 aromatic rings. The highest BCUT2D eigenvalue weighted by atomic mass is 32.2. The third-order valence-electron chi connectivity index (χ3n) is 7.31. The van der Waals surface area contributed by atoms with Crippen molar-refractivity contribution >= 4 is 33.5 Å². The lowest BCUT2D eigenvalue weighted by Gasteiger charge is -2.27. The van der Waals surface area contributed by atoms with Crippen LogP contribution < -0.4 is 14.8 Å². The molecule has 10 nitrogen and oxygen atoms in total. The summed E-state index contributed by atoms with van der Waals surface area (Å²) in [6.07, 6.45) is 3.35. The van der Waals surface area contributed by atoms with Crippen molar-refractivity contribution in [3.05, 3.63) is 52.6 Å². The molecule has 0 spiro atoms. The van der Waals surface area contributed by atoms with E-state index >= 15 is 0 Å². The maximum Gasteiger partial charge on any atom is 0.410 e. The number of ketones is 1. The maximum absolute atomic E-state index is 13.1. The molecule has 0 bridgehead atoms. The summed E-state index contributed by atoms with van der Waals surface area (Å²) < 4.78 is 34.7. The first kappa shape index (κ1) is 30.5. The number of hydrogen-bond donors (Lipinski definition) is 1. The number of aryl methyl sites for hydroxylation is 1. The van der Waals surface area contributed by atoms with Crippen molar-refractivity contribution in [1.29, 1.82) is 0 Å². The van der Waals surface area contributed by atoms with Gasteiger partial charge in [0.25, 0.3) is 0 Å². The van der Waals surface area contributed by atoms with Crippen LogP contribution in [0.1, 0.15) is 73.5 Å². The molecular formula is C30H39N3O7S. The minimum Gasteiger partial charge on any atom is -0.495 e. The summed E-state index contributed by atoms with van der Waals surface area (Å²) in [5, 5.41) is 5.34. The third kappa shape index (κ3) is 7.45. The van der Waals surface area contributed by atoms with Crippen LogP contribution >= 0.6 is 0 Å². The zero-order valence-corrected chi connectivity index (χ0v) is 25.0. The number of methoxy groups -OCH3 is 1. The summed E-state index contributed by atoms with van der Waals surface area (Å²) in [5.41, 5.74) is 3.82. The van der Waals surface area contributed by atoms with Crippen LogP contribution in [0.3, 0.4) is 0 Å². The van der Waals surface area contributed by atoms with E-state index in [0.29, 0.717) is 69.3 Å². The first-order chi connectivity index (χ1) is 19.3. The Bertz CT molecular complexity index is 1450. The van der Waals surface area contributed by atoms with E-state index in [2.05, 4.69) is 0 Å². The number of carbonyl (C=O) groups is 3. The highest BCUT2D eigenvalue weighted by Crippen LogP contribution is 2.37. The molecule has 2 heterocycles. The fourth-order valence-corrected chi connectivity index (χ4v) is 6.08. The maximum atomic E-state index is 13.1. The Hall–Kier alpha value is -3.44. The number of nitrogens with zero attached hydrogens (tertiary/aromatic N) is 2. The lowest BCUT2D eigenvalue weighted by Crippen LogP contribution is -2.38. The zero-order chi connectivity index (χ0) is 29.9. The zero-order valence-electron chi connectivity index (χ0n) is 24.2. The molecule has 0 fully saturated rings. The van der Waals surface area contributed by atoms with E-state index in [0.717, 1.165) is 23.2 Å². The van der Waals surface area contributed by atoms with Gasteiger partial charge in [-0.25, -0.2) is 18.4 Å². The van der Waals surface area contributed by atoms with E-state index in [4.69, 9.17) is 14.6 Å². The Labute approximate surface area is 241 Å². The standard InChI is InChI=1S/C30H39N3O7S/c1-30(2,3)40-29(36)32(15-12-20-8-10-25(39-4)26(17-20)41(31,37)38)14-6-5-7-24(34)23-18-21-9-11-27(35)33-16-13-22(19-23)28(21)33/h8,10,17-19H,5-7,9,11-16H2,1-4H3,(H2,31,37,38). The van der Waals surface area contributed by atoms with E-state index in [-0.39, 0.29) is 22.3 Å². The predicted octanol–water partition coefficient (Wildman–Crippen LogP) is 4.01. The molecule has 0 atom stereocenters. The van der Waals surface area contributed by atoms with E-state index in [1.165, 1.54) is 13.2 Å². The summed E-state index contributed by atoms with van der Waals surface area (Å²) in [5.74, 6) is 0.363. The number of anilines is 1. The molecule has 0 saturated carbocycles. The molecular weight excluding hydrogens is 546 g/mol. The van der Waals surface area contributed by atoms with Gasteiger partial charge in [-0.05, 0) is 93.8 Å². The lowest BCUT2D eigenvalue weighted by atomic mass is 9.94. The average molecular weight is 586 g/mol. The van der Waals surface area contributed by atoms with Gasteiger partial charge in [0, 0.05) is 38.0 Å². The highest BCUT2D eigenvalue weighted by Gasteiger charge is 2.32. The Morgan fingerprint density at radius 3 is 2.39 bits per heavy atom. The van der Waals surface area contributed by atoms with Crippen LogP contribution in [0.4, 0.5) is 10.5 Å². The van der Waals surface area contributed by atoms with Gasteiger partial charge in [-0.3, -0.25) is 9.59 Å². The number of amides is 2. The van der Waals surface area contributed by atoms with Gasteiger partial charge in [0.15, 0.2) is 5.78 Å². The van der Waals surface area contributed by atoms with E-state index in [1.54, 1.807) is 37.8 Å². The second-order valence-electron chi connectivity index (χ2n) is 11.6. The Morgan fingerprint density at radius 1 is 1.02 bits per heavy atom. The summed E-state index contributed by atoms with van der Waals surface area (Å²) in [6, 6.07) is 8.60. The number of hydrogen-bond acceptors (Lipinski definition) is 7. The number of benzene rings is 2. The van der Waals surface area contributed by atoms with Crippen molar-refractivity contribution in [3.63, 3.8) is 0 Å². The Balaban J connectivity index is 1.37. The minimum atomic E-state index is -3.99. The van der Waals surface area contributed by atoms with Crippen molar-refractivity contribution < 1.29 is 32.3 Å². The molecule has 0 saturated heterocycles. The van der Waals surface area contributed by atoms with Gasteiger partial charge < -0.3 is 19.3 Å². The highest BCUT2D eigenvalue weighted by molar-refractivity contribution is 7.89. The molecule has 0 aliphatic carbocycles. The van der Waals surface area contributed by atoms with E-state index < -0.39 is 21.7 Å². The van der Waals surface area contributed by atoms with Crippen molar-refractivity contribution in [2.45, 2.75) is 76.2 Å². The first-order valence-corrected chi connectivity index (χ1v) is 15.5. The first-order valence-electron chi connectivity index (χ1n) is 13.9. The van der Waals surface area contributed by atoms with Crippen molar-refractivity contribution in [3.8, 4) is 5.75 Å². The number of primary sulfonamides is 1. The summed E-state index contributed by atoms with van der Waals surface area (Å²) >= 11 is 0. The molecule has 0 radical (unpaired) electrons. The van der Waals surface area contributed by atoms with Gasteiger partial charge in [0.05, 0.1) is 12.8 Å². The second kappa shape index (κ2) is 12.2. The van der Waals surface area contributed by atoms with Gasteiger partial charge in [0.1, 0.15) is 16.2 Å². The number of ether oxygens (including phenoxy) is 2. The van der Waals surface area contributed by atoms with Crippen LogP contribution in [-0.2, 0) is 38.8 Å². The third-order valence-corrected chi connectivity index (χ3v) is 8.24. The van der Waals surface area contributed by atoms with Gasteiger partial charge in [-0.1, -0.05) is 6.07 Å². The van der Waals surface area contributed by atoms with Crippen LogP contribution in [0.15, 0.2) is 35.2 Å². The number of unbranched alkanes of at least 4 members (excludes halogenated alkanes) is 1. The van der Waals surface area contributed by atoms with Crippen LogP contribution in [-0.4, -0.2) is 63.4 Å². The number of Topliss-reactive ketones (excluding diaryl/α,β-unsaturated/α-hetero) is 1. The van der Waals surface area contributed by atoms with Crippen LogP contribution in [0.2, 0.25) is 0 Å². The minimum absolute atomic E-state index is 0.0528. The fourth-order valence-electron chi connectivity index (χ4n) is 5.34. The molecule has 222 valence electrons. The molecule has 41 heavy (non-hydrogen) atoms. The number of carbonyl (C=O) groups excluding carboxylic acids is 3. The quantitative estimate of drug-likeness (QED) is 0.311. The van der Waals surface area contributed by atoms with Gasteiger partial charge >= 0.3 is 6.09 Å². The molecule has 0 unspecified atom stereocenters. The van der Waals surface area contributed by atoms with Crippen molar-refractivity contribution in [2.75, 3.05) is 31.6 Å². The Kier molecular flexibility index (Phi) is 9.08.